The second kappa shape index (κ2) is 9.16. The number of benzene rings is 2. The summed E-state index contributed by atoms with van der Waals surface area (Å²) in [6, 6.07) is 9.64. The number of methoxy groups -OCH3 is 1. The van der Waals surface area contributed by atoms with E-state index in [1.165, 1.54) is 25.3 Å². The van der Waals surface area contributed by atoms with E-state index in [1.807, 2.05) is 0 Å². The van der Waals surface area contributed by atoms with Crippen LogP contribution in [0.4, 0.5) is 18.9 Å². The molecule has 0 unspecified atom stereocenters. The number of hydrogen-bond donors (Lipinski definition) is 1. The standard InChI is InChI=1S/C19H20F3NO4/c1-3-4-11-26-16-10-5-13(12-17(16)25-2)18(24)23-14-6-8-15(9-7-14)27-19(20,21)22/h5-10,12H,3-4,11H2,1-2H3,(H,23,24). The largest absolute Gasteiger partial charge is 0.573 e. The molecule has 0 fully saturated rings. The van der Waals surface area contributed by atoms with Crippen LogP contribution in [0.1, 0.15) is 30.1 Å². The van der Waals surface area contributed by atoms with Gasteiger partial charge in [-0.3, -0.25) is 4.79 Å². The van der Waals surface area contributed by atoms with Crippen molar-refractivity contribution in [2.75, 3.05) is 19.0 Å². The van der Waals surface area contributed by atoms with E-state index in [0.29, 0.717) is 29.4 Å². The van der Waals surface area contributed by atoms with Crippen LogP contribution in [-0.4, -0.2) is 26.0 Å². The molecule has 2 aromatic carbocycles. The maximum absolute atomic E-state index is 12.3. The molecule has 2 aromatic rings. The maximum Gasteiger partial charge on any atom is 0.573 e. The lowest BCUT2D eigenvalue weighted by Gasteiger charge is -2.12. The minimum absolute atomic E-state index is 0.324. The van der Waals surface area contributed by atoms with Crippen LogP contribution >= 0.6 is 0 Å². The predicted octanol–water partition coefficient (Wildman–Crippen LogP) is 5.03. The fourth-order valence-electron chi connectivity index (χ4n) is 2.20. The van der Waals surface area contributed by atoms with Crippen LogP contribution in [0.2, 0.25) is 0 Å². The highest BCUT2D eigenvalue weighted by Gasteiger charge is 2.30. The molecule has 5 nitrogen and oxygen atoms in total. The zero-order chi connectivity index (χ0) is 19.9. The van der Waals surface area contributed by atoms with Gasteiger partial charge in [-0.05, 0) is 48.9 Å². The SMILES string of the molecule is CCCCOc1ccc(C(=O)Nc2ccc(OC(F)(F)F)cc2)cc1OC. The maximum atomic E-state index is 12.3. The van der Waals surface area contributed by atoms with Crippen LogP contribution in [0, 0.1) is 0 Å². The Hall–Kier alpha value is -2.90. The summed E-state index contributed by atoms with van der Waals surface area (Å²) in [5.74, 6) is 0.164. The van der Waals surface area contributed by atoms with Crippen LogP contribution < -0.4 is 19.5 Å². The van der Waals surface area contributed by atoms with E-state index in [0.717, 1.165) is 25.0 Å². The lowest BCUT2D eigenvalue weighted by molar-refractivity contribution is -0.274. The molecule has 0 saturated heterocycles. The van der Waals surface area contributed by atoms with Gasteiger partial charge in [-0.1, -0.05) is 13.3 Å². The monoisotopic (exact) mass is 383 g/mol. The van der Waals surface area contributed by atoms with E-state index in [9.17, 15) is 18.0 Å². The lowest BCUT2D eigenvalue weighted by Crippen LogP contribution is -2.17. The number of hydrogen-bond acceptors (Lipinski definition) is 4. The van der Waals surface area contributed by atoms with Crippen molar-refractivity contribution in [3.63, 3.8) is 0 Å². The summed E-state index contributed by atoms with van der Waals surface area (Å²) in [5.41, 5.74) is 0.655. The van der Waals surface area contributed by atoms with E-state index in [-0.39, 0.29) is 5.75 Å². The summed E-state index contributed by atoms with van der Waals surface area (Å²) in [4.78, 5) is 12.3. The molecule has 2 rings (SSSR count). The summed E-state index contributed by atoms with van der Waals surface area (Å²) < 4.78 is 51.1. The fourth-order valence-corrected chi connectivity index (χ4v) is 2.20. The Balaban J connectivity index is 2.04. The van der Waals surface area contributed by atoms with Gasteiger partial charge in [0.25, 0.3) is 5.91 Å². The first-order valence-corrected chi connectivity index (χ1v) is 8.30. The normalized spacial score (nSPS) is 11.0. The van der Waals surface area contributed by atoms with Gasteiger partial charge in [0.1, 0.15) is 5.75 Å². The molecule has 0 saturated carbocycles. The van der Waals surface area contributed by atoms with E-state index in [4.69, 9.17) is 9.47 Å². The summed E-state index contributed by atoms with van der Waals surface area (Å²) >= 11 is 0. The topological polar surface area (TPSA) is 56.8 Å². The third-order valence-corrected chi connectivity index (χ3v) is 3.53. The first-order valence-electron chi connectivity index (χ1n) is 8.30. The van der Waals surface area contributed by atoms with Gasteiger partial charge < -0.3 is 19.5 Å². The molecule has 146 valence electrons. The molecule has 0 radical (unpaired) electrons. The van der Waals surface area contributed by atoms with Gasteiger partial charge in [0.2, 0.25) is 0 Å². The Morgan fingerprint density at radius 2 is 1.78 bits per heavy atom. The van der Waals surface area contributed by atoms with E-state index >= 15 is 0 Å². The number of amides is 1. The van der Waals surface area contributed by atoms with Crippen LogP contribution in [0.25, 0.3) is 0 Å². The van der Waals surface area contributed by atoms with Gasteiger partial charge in [-0.25, -0.2) is 0 Å². The van der Waals surface area contributed by atoms with E-state index in [1.54, 1.807) is 12.1 Å². The smallest absolute Gasteiger partial charge is 0.493 e. The highest BCUT2D eigenvalue weighted by Crippen LogP contribution is 2.29. The number of carbonyl (C=O) groups excluding carboxylic acids is 1. The summed E-state index contributed by atoms with van der Waals surface area (Å²) in [5, 5.41) is 2.60. The van der Waals surface area contributed by atoms with Crippen LogP contribution in [0.3, 0.4) is 0 Å². The van der Waals surface area contributed by atoms with Crippen molar-refractivity contribution < 1.29 is 32.2 Å². The molecule has 1 amide bonds. The van der Waals surface area contributed by atoms with Crippen molar-refractivity contribution in [3.8, 4) is 17.2 Å². The zero-order valence-corrected chi connectivity index (χ0v) is 14.9. The molecular formula is C19H20F3NO4. The van der Waals surface area contributed by atoms with Crippen molar-refractivity contribution in [2.45, 2.75) is 26.1 Å². The molecular weight excluding hydrogens is 363 g/mol. The molecule has 1 N–H and O–H groups in total. The molecule has 0 aliphatic rings. The number of ether oxygens (including phenoxy) is 3. The molecule has 27 heavy (non-hydrogen) atoms. The number of rotatable bonds is 8. The zero-order valence-electron chi connectivity index (χ0n) is 14.9. The van der Waals surface area contributed by atoms with Crippen LogP contribution in [0.15, 0.2) is 42.5 Å². The Morgan fingerprint density at radius 3 is 2.37 bits per heavy atom. The second-order valence-electron chi connectivity index (χ2n) is 5.59. The molecule has 0 aliphatic carbocycles. The Morgan fingerprint density at radius 1 is 1.07 bits per heavy atom. The van der Waals surface area contributed by atoms with Crippen molar-refractivity contribution in [3.05, 3.63) is 48.0 Å². The second-order valence-corrected chi connectivity index (χ2v) is 5.59. The lowest BCUT2D eigenvalue weighted by atomic mass is 10.1. The van der Waals surface area contributed by atoms with E-state index < -0.39 is 12.3 Å². The number of anilines is 1. The quantitative estimate of drug-likeness (QED) is 0.650. The number of alkyl halides is 3. The van der Waals surface area contributed by atoms with Crippen molar-refractivity contribution in [1.82, 2.24) is 0 Å². The Bertz CT molecular complexity index is 761. The number of unbranched alkanes of at least 4 members (excludes halogenated alkanes) is 1. The molecule has 0 aliphatic heterocycles. The van der Waals surface area contributed by atoms with Gasteiger partial charge in [0.05, 0.1) is 13.7 Å². The van der Waals surface area contributed by atoms with Crippen molar-refractivity contribution >= 4 is 11.6 Å². The first-order chi connectivity index (χ1) is 12.8. The minimum Gasteiger partial charge on any atom is -0.493 e. The third kappa shape index (κ3) is 6.40. The number of carbonyl (C=O) groups is 1. The predicted molar refractivity (Wildman–Crippen MR) is 94.5 cm³/mol. The fraction of sp³-hybridized carbons (Fsp3) is 0.316. The van der Waals surface area contributed by atoms with Gasteiger partial charge >= 0.3 is 6.36 Å². The highest BCUT2D eigenvalue weighted by atomic mass is 19.4. The summed E-state index contributed by atoms with van der Waals surface area (Å²) in [6.07, 6.45) is -2.86. The average Bonchev–Trinajstić information content (AvgIpc) is 2.62. The van der Waals surface area contributed by atoms with Gasteiger partial charge in [0, 0.05) is 11.3 Å². The van der Waals surface area contributed by atoms with Crippen LogP contribution in [-0.2, 0) is 0 Å². The number of nitrogens with one attached hydrogen (secondary N) is 1. The molecule has 0 bridgehead atoms. The van der Waals surface area contributed by atoms with Gasteiger partial charge in [-0.15, -0.1) is 13.2 Å². The molecule has 0 spiro atoms. The van der Waals surface area contributed by atoms with E-state index in [2.05, 4.69) is 17.0 Å². The number of halogens is 3. The Kier molecular flexibility index (Phi) is 6.92. The molecule has 0 atom stereocenters. The molecule has 8 heteroatoms. The molecule has 0 aromatic heterocycles. The van der Waals surface area contributed by atoms with Crippen molar-refractivity contribution in [2.24, 2.45) is 0 Å². The van der Waals surface area contributed by atoms with Gasteiger partial charge in [-0.2, -0.15) is 0 Å². The van der Waals surface area contributed by atoms with Crippen LogP contribution in [0.5, 0.6) is 17.2 Å². The first kappa shape index (κ1) is 20.4. The summed E-state index contributed by atoms with van der Waals surface area (Å²) in [6.45, 7) is 2.60. The average molecular weight is 383 g/mol. The van der Waals surface area contributed by atoms with Crippen molar-refractivity contribution in [1.29, 1.82) is 0 Å². The van der Waals surface area contributed by atoms with Gasteiger partial charge in [0.15, 0.2) is 11.5 Å². The minimum atomic E-state index is -4.76. The Labute approximate surface area is 155 Å². The summed E-state index contributed by atoms with van der Waals surface area (Å²) in [7, 11) is 1.48. The third-order valence-electron chi connectivity index (χ3n) is 3.53. The molecule has 0 heterocycles. The highest BCUT2D eigenvalue weighted by molar-refractivity contribution is 6.04.